The summed E-state index contributed by atoms with van der Waals surface area (Å²) in [5.41, 5.74) is 0. The first kappa shape index (κ1) is 20.7. The molecule has 0 bridgehead atoms. The first-order valence-corrected chi connectivity index (χ1v) is 9.75. The quantitative estimate of drug-likeness (QED) is 0.200. The minimum atomic E-state index is 0.644. The highest BCUT2D eigenvalue weighted by molar-refractivity contribution is 4.81. The maximum atomic E-state index is 4.04. The molecule has 0 rings (SSSR count). The standard InChI is InChI=1S/C21H41/c1-4-5-6-7-8-9-10-11-12-13-14-15-16-17-18-19-20-21(2)3/h8-9,21H,2,4-7,10-20H2,1,3H3. The van der Waals surface area contributed by atoms with Gasteiger partial charge in [0, 0.05) is 0 Å². The van der Waals surface area contributed by atoms with Gasteiger partial charge in [-0.1, -0.05) is 104 Å². The molecule has 0 heteroatoms. The van der Waals surface area contributed by atoms with E-state index in [1.807, 2.05) is 0 Å². The normalized spacial score (nSPS) is 11.8. The number of unbranched alkanes of at least 4 members (excludes halogenated alkanes) is 12. The molecule has 0 aromatic carbocycles. The van der Waals surface area contributed by atoms with E-state index < -0.39 is 0 Å². The molecule has 0 heterocycles. The van der Waals surface area contributed by atoms with Crippen LogP contribution in [-0.2, 0) is 0 Å². The van der Waals surface area contributed by atoms with Crippen LogP contribution in [0.15, 0.2) is 12.2 Å². The van der Waals surface area contributed by atoms with Crippen LogP contribution in [0.5, 0.6) is 0 Å². The lowest BCUT2D eigenvalue weighted by atomic mass is 10.0. The van der Waals surface area contributed by atoms with E-state index >= 15 is 0 Å². The van der Waals surface area contributed by atoms with Gasteiger partial charge in [0.2, 0.25) is 0 Å². The lowest BCUT2D eigenvalue weighted by Crippen LogP contribution is -1.87. The Morgan fingerprint density at radius 1 is 0.667 bits per heavy atom. The van der Waals surface area contributed by atoms with Crippen molar-refractivity contribution >= 4 is 0 Å². The average molecular weight is 294 g/mol. The molecule has 0 aromatic heterocycles. The largest absolute Gasteiger partial charge is 0.0885 e. The van der Waals surface area contributed by atoms with Crippen LogP contribution in [0.1, 0.15) is 110 Å². The highest BCUT2D eigenvalue weighted by Crippen LogP contribution is 2.13. The summed E-state index contributed by atoms with van der Waals surface area (Å²) in [5.74, 6) is 0.644. The van der Waals surface area contributed by atoms with Gasteiger partial charge in [-0.25, -0.2) is 0 Å². The maximum absolute atomic E-state index is 4.04. The van der Waals surface area contributed by atoms with E-state index in [4.69, 9.17) is 0 Å². The minimum Gasteiger partial charge on any atom is -0.0885 e. The highest BCUT2D eigenvalue weighted by atomic mass is 14.0. The molecule has 1 radical (unpaired) electrons. The van der Waals surface area contributed by atoms with Crippen LogP contribution in [-0.4, -0.2) is 0 Å². The molecule has 0 aliphatic heterocycles. The summed E-state index contributed by atoms with van der Waals surface area (Å²) >= 11 is 0. The molecule has 0 saturated carbocycles. The topological polar surface area (TPSA) is 0 Å². The maximum Gasteiger partial charge on any atom is -0.0351 e. The summed E-state index contributed by atoms with van der Waals surface area (Å²) < 4.78 is 0. The van der Waals surface area contributed by atoms with Crippen LogP contribution in [0.3, 0.4) is 0 Å². The molecule has 125 valence electrons. The molecule has 0 nitrogen and oxygen atoms in total. The van der Waals surface area contributed by atoms with Crippen molar-refractivity contribution in [1.29, 1.82) is 0 Å². The van der Waals surface area contributed by atoms with Crippen molar-refractivity contribution in [3.63, 3.8) is 0 Å². The monoisotopic (exact) mass is 293 g/mol. The molecule has 0 saturated heterocycles. The van der Waals surface area contributed by atoms with Crippen molar-refractivity contribution in [2.45, 2.75) is 110 Å². The van der Waals surface area contributed by atoms with Gasteiger partial charge in [-0.15, -0.1) is 0 Å². The molecule has 21 heavy (non-hydrogen) atoms. The Hall–Kier alpha value is -0.260. The molecular weight excluding hydrogens is 252 g/mol. The van der Waals surface area contributed by atoms with E-state index in [0.29, 0.717) is 5.92 Å². The molecule has 0 aromatic rings. The summed E-state index contributed by atoms with van der Waals surface area (Å²) in [7, 11) is 0. The SMILES string of the molecule is [CH2]C(C)CCCCCCCCCCCC=CCCCCC. The lowest BCUT2D eigenvalue weighted by molar-refractivity contribution is 0.526. The first-order chi connectivity index (χ1) is 10.3. The average Bonchev–Trinajstić information content (AvgIpc) is 2.46. The van der Waals surface area contributed by atoms with Gasteiger partial charge in [0.25, 0.3) is 0 Å². The third kappa shape index (κ3) is 19.7. The molecule has 0 aliphatic carbocycles. The Balaban J connectivity index is 3.02. The van der Waals surface area contributed by atoms with Gasteiger partial charge >= 0.3 is 0 Å². The third-order valence-corrected chi connectivity index (χ3v) is 4.21. The second kappa shape index (κ2) is 17.8. The summed E-state index contributed by atoms with van der Waals surface area (Å²) in [6.07, 6.45) is 25.7. The summed E-state index contributed by atoms with van der Waals surface area (Å²) in [5, 5.41) is 0. The Morgan fingerprint density at radius 2 is 1.10 bits per heavy atom. The van der Waals surface area contributed by atoms with Crippen LogP contribution < -0.4 is 0 Å². The number of allylic oxidation sites excluding steroid dienone is 2. The fourth-order valence-electron chi connectivity index (χ4n) is 2.74. The van der Waals surface area contributed by atoms with E-state index in [1.165, 1.54) is 96.3 Å². The zero-order chi connectivity index (χ0) is 15.6. The van der Waals surface area contributed by atoms with Gasteiger partial charge in [0.05, 0.1) is 0 Å². The van der Waals surface area contributed by atoms with Crippen molar-refractivity contribution in [1.82, 2.24) is 0 Å². The molecule has 0 aliphatic rings. The van der Waals surface area contributed by atoms with Gasteiger partial charge in [0.1, 0.15) is 0 Å². The Bertz CT molecular complexity index is 202. The Kier molecular flexibility index (Phi) is 17.6. The molecule has 0 fully saturated rings. The van der Waals surface area contributed by atoms with Crippen LogP contribution in [0, 0.1) is 12.8 Å². The number of rotatable bonds is 16. The molecule has 0 amide bonds. The van der Waals surface area contributed by atoms with Crippen LogP contribution in [0.25, 0.3) is 0 Å². The van der Waals surface area contributed by atoms with E-state index in [0.717, 1.165) is 0 Å². The predicted molar refractivity (Wildman–Crippen MR) is 98.6 cm³/mol. The van der Waals surface area contributed by atoms with Gasteiger partial charge < -0.3 is 0 Å². The van der Waals surface area contributed by atoms with Gasteiger partial charge in [0.15, 0.2) is 0 Å². The number of hydrogen-bond donors (Lipinski definition) is 0. The van der Waals surface area contributed by atoms with Gasteiger partial charge in [-0.05, 0) is 31.6 Å². The molecule has 0 N–H and O–H groups in total. The van der Waals surface area contributed by atoms with Crippen molar-refractivity contribution < 1.29 is 0 Å². The molecule has 0 spiro atoms. The number of hydrogen-bond acceptors (Lipinski definition) is 0. The van der Waals surface area contributed by atoms with E-state index in [9.17, 15) is 0 Å². The Labute approximate surface area is 135 Å². The molecular formula is C21H41. The summed E-state index contributed by atoms with van der Waals surface area (Å²) in [4.78, 5) is 0. The van der Waals surface area contributed by atoms with E-state index in [-0.39, 0.29) is 0 Å². The van der Waals surface area contributed by atoms with Gasteiger partial charge in [-0.2, -0.15) is 0 Å². The zero-order valence-electron chi connectivity index (χ0n) is 15.0. The zero-order valence-corrected chi connectivity index (χ0v) is 15.0. The highest BCUT2D eigenvalue weighted by Gasteiger charge is 1.95. The fourth-order valence-corrected chi connectivity index (χ4v) is 2.74. The third-order valence-electron chi connectivity index (χ3n) is 4.21. The van der Waals surface area contributed by atoms with Crippen LogP contribution in [0.2, 0.25) is 0 Å². The molecule has 1 unspecified atom stereocenters. The second-order valence-corrected chi connectivity index (χ2v) is 6.83. The minimum absolute atomic E-state index is 0.644. The Morgan fingerprint density at radius 3 is 1.57 bits per heavy atom. The van der Waals surface area contributed by atoms with Crippen molar-refractivity contribution in [2.24, 2.45) is 5.92 Å². The van der Waals surface area contributed by atoms with Crippen LogP contribution in [0.4, 0.5) is 0 Å². The van der Waals surface area contributed by atoms with Gasteiger partial charge in [-0.3, -0.25) is 0 Å². The summed E-state index contributed by atoms with van der Waals surface area (Å²) in [6.45, 7) is 8.53. The predicted octanol–water partition coefficient (Wildman–Crippen LogP) is 7.88. The fraction of sp³-hybridized carbons (Fsp3) is 0.857. The van der Waals surface area contributed by atoms with Crippen molar-refractivity contribution in [2.75, 3.05) is 0 Å². The van der Waals surface area contributed by atoms with Crippen molar-refractivity contribution in [3.05, 3.63) is 19.1 Å². The first-order valence-electron chi connectivity index (χ1n) is 9.75. The second-order valence-electron chi connectivity index (χ2n) is 6.83. The van der Waals surface area contributed by atoms with E-state index in [1.54, 1.807) is 0 Å². The smallest absolute Gasteiger partial charge is 0.0351 e. The van der Waals surface area contributed by atoms with Crippen molar-refractivity contribution in [3.8, 4) is 0 Å². The molecule has 1 atom stereocenters. The lowest BCUT2D eigenvalue weighted by Gasteiger charge is -2.04. The summed E-state index contributed by atoms with van der Waals surface area (Å²) in [6, 6.07) is 0. The van der Waals surface area contributed by atoms with E-state index in [2.05, 4.69) is 32.9 Å². The van der Waals surface area contributed by atoms with Crippen LogP contribution >= 0.6 is 0 Å².